The number of nitrogens with one attached hydrogen (secondary N) is 2. The summed E-state index contributed by atoms with van der Waals surface area (Å²) in [5.41, 5.74) is 0.730. The maximum absolute atomic E-state index is 12.3. The Bertz CT molecular complexity index is 568. The summed E-state index contributed by atoms with van der Waals surface area (Å²) in [5.74, 6) is -2.27. The fourth-order valence-electron chi connectivity index (χ4n) is 2.09. The molecule has 0 aliphatic carbocycles. The van der Waals surface area contributed by atoms with Crippen LogP contribution in [0.25, 0.3) is 0 Å². The zero-order chi connectivity index (χ0) is 17.6. The molecule has 0 fully saturated rings. The highest BCUT2D eigenvalue weighted by Gasteiger charge is 2.28. The van der Waals surface area contributed by atoms with Crippen LogP contribution in [0.1, 0.15) is 26.3 Å². The maximum Gasteiger partial charge on any atom is 0.326 e. The van der Waals surface area contributed by atoms with Crippen molar-refractivity contribution in [3.63, 3.8) is 0 Å². The van der Waals surface area contributed by atoms with Crippen LogP contribution < -0.4 is 10.6 Å². The van der Waals surface area contributed by atoms with Crippen molar-refractivity contribution in [1.82, 2.24) is 10.6 Å². The van der Waals surface area contributed by atoms with Crippen LogP contribution in [0.3, 0.4) is 0 Å². The van der Waals surface area contributed by atoms with Gasteiger partial charge >= 0.3 is 5.97 Å². The lowest BCUT2D eigenvalue weighted by atomic mass is 10.0. The fraction of sp³-hybridized carbons (Fsp3) is 0.438. The van der Waals surface area contributed by atoms with Crippen molar-refractivity contribution in [1.29, 1.82) is 0 Å². The van der Waals surface area contributed by atoms with Crippen LogP contribution in [-0.2, 0) is 20.8 Å². The van der Waals surface area contributed by atoms with Gasteiger partial charge in [-0.1, -0.05) is 26.0 Å². The smallest absolute Gasteiger partial charge is 0.326 e. The van der Waals surface area contributed by atoms with Gasteiger partial charge in [-0.2, -0.15) is 0 Å². The van der Waals surface area contributed by atoms with Gasteiger partial charge in [0.15, 0.2) is 0 Å². The average molecular weight is 322 g/mol. The molecule has 0 saturated heterocycles. The van der Waals surface area contributed by atoms with E-state index in [1.807, 2.05) is 0 Å². The van der Waals surface area contributed by atoms with Gasteiger partial charge in [-0.3, -0.25) is 9.59 Å². The van der Waals surface area contributed by atoms with Gasteiger partial charge in [-0.25, -0.2) is 4.79 Å². The number of phenols is 1. The van der Waals surface area contributed by atoms with Gasteiger partial charge < -0.3 is 20.8 Å². The first-order valence-electron chi connectivity index (χ1n) is 7.29. The molecule has 0 aromatic heterocycles. The maximum atomic E-state index is 12.3. The molecule has 0 bridgehead atoms. The molecule has 126 valence electrons. The molecule has 1 aromatic rings. The monoisotopic (exact) mass is 322 g/mol. The number of aliphatic carboxylic acids is 1. The first kappa shape index (κ1) is 18.5. The normalized spacial score (nSPS) is 13.2. The third-order valence-electron chi connectivity index (χ3n) is 3.30. The summed E-state index contributed by atoms with van der Waals surface area (Å²) in [6.45, 7) is 4.66. The van der Waals surface area contributed by atoms with Gasteiger partial charge in [-0.05, 0) is 23.6 Å². The number of carboxylic acid groups (broad SMARTS) is 1. The molecule has 0 aliphatic heterocycles. The van der Waals surface area contributed by atoms with E-state index in [-0.39, 0.29) is 24.0 Å². The molecular weight excluding hydrogens is 300 g/mol. The van der Waals surface area contributed by atoms with E-state index in [4.69, 9.17) is 5.11 Å². The lowest BCUT2D eigenvalue weighted by molar-refractivity contribution is -0.143. The highest BCUT2D eigenvalue weighted by molar-refractivity contribution is 5.90. The summed E-state index contributed by atoms with van der Waals surface area (Å²) in [4.78, 5) is 34.8. The standard InChI is InChI=1S/C16H22N2O5/c1-9(2)14(16(22)23)18-15(21)13(17-10(3)19)8-11-4-6-12(20)7-5-11/h4-7,9,13-14,20H,8H2,1-3H3,(H,17,19)(H,18,21)(H,22,23)/t13-,14-/m0/s1. The summed E-state index contributed by atoms with van der Waals surface area (Å²) < 4.78 is 0. The van der Waals surface area contributed by atoms with E-state index in [0.29, 0.717) is 0 Å². The lowest BCUT2D eigenvalue weighted by Gasteiger charge is -2.23. The number of carbonyl (C=O) groups is 3. The largest absolute Gasteiger partial charge is 0.508 e. The van der Waals surface area contributed by atoms with Crippen LogP contribution in [0.5, 0.6) is 5.75 Å². The molecule has 4 N–H and O–H groups in total. The highest BCUT2D eigenvalue weighted by Crippen LogP contribution is 2.12. The molecular formula is C16H22N2O5. The third kappa shape index (κ3) is 5.98. The fourth-order valence-corrected chi connectivity index (χ4v) is 2.09. The Labute approximate surface area is 134 Å². The molecule has 0 heterocycles. The van der Waals surface area contributed by atoms with Crippen LogP contribution in [0, 0.1) is 5.92 Å². The van der Waals surface area contributed by atoms with E-state index < -0.39 is 24.0 Å². The van der Waals surface area contributed by atoms with E-state index >= 15 is 0 Å². The predicted molar refractivity (Wildman–Crippen MR) is 83.8 cm³/mol. The second kappa shape index (κ2) is 8.17. The molecule has 1 aromatic carbocycles. The minimum Gasteiger partial charge on any atom is -0.508 e. The van der Waals surface area contributed by atoms with Gasteiger partial charge in [0, 0.05) is 13.3 Å². The molecule has 2 amide bonds. The number of hydrogen-bond donors (Lipinski definition) is 4. The van der Waals surface area contributed by atoms with Gasteiger partial charge in [0.2, 0.25) is 11.8 Å². The van der Waals surface area contributed by atoms with Crippen molar-refractivity contribution < 1.29 is 24.6 Å². The van der Waals surface area contributed by atoms with Gasteiger partial charge in [0.25, 0.3) is 0 Å². The average Bonchev–Trinajstić information content (AvgIpc) is 2.44. The lowest BCUT2D eigenvalue weighted by Crippen LogP contribution is -2.53. The molecule has 0 radical (unpaired) electrons. The van der Waals surface area contributed by atoms with E-state index in [1.165, 1.54) is 19.1 Å². The minimum atomic E-state index is -1.13. The Morgan fingerprint density at radius 1 is 1.09 bits per heavy atom. The number of carbonyl (C=O) groups excluding carboxylic acids is 2. The van der Waals surface area contributed by atoms with Crippen molar-refractivity contribution in [2.45, 2.75) is 39.3 Å². The van der Waals surface area contributed by atoms with E-state index in [1.54, 1.807) is 26.0 Å². The highest BCUT2D eigenvalue weighted by atomic mass is 16.4. The predicted octanol–water partition coefficient (Wildman–Crippen LogP) is 0.665. The Balaban J connectivity index is 2.87. The number of rotatable bonds is 7. The molecule has 0 aliphatic rings. The molecule has 0 unspecified atom stereocenters. The molecule has 0 saturated carbocycles. The van der Waals surface area contributed by atoms with Crippen LogP contribution in [0.4, 0.5) is 0 Å². The number of hydrogen-bond acceptors (Lipinski definition) is 4. The summed E-state index contributed by atoms with van der Waals surface area (Å²) in [7, 11) is 0. The molecule has 7 heteroatoms. The number of aromatic hydroxyl groups is 1. The van der Waals surface area contributed by atoms with Crippen molar-refractivity contribution in [3.05, 3.63) is 29.8 Å². The number of benzene rings is 1. The van der Waals surface area contributed by atoms with Crippen LogP contribution in [-0.4, -0.2) is 40.1 Å². The van der Waals surface area contributed by atoms with Gasteiger partial charge in [-0.15, -0.1) is 0 Å². The molecule has 2 atom stereocenters. The molecule has 7 nitrogen and oxygen atoms in total. The van der Waals surface area contributed by atoms with Crippen LogP contribution in [0.2, 0.25) is 0 Å². The summed E-state index contributed by atoms with van der Waals surface area (Å²) in [6, 6.07) is 4.30. The van der Waals surface area contributed by atoms with Crippen molar-refractivity contribution in [2.75, 3.05) is 0 Å². The zero-order valence-electron chi connectivity index (χ0n) is 13.4. The summed E-state index contributed by atoms with van der Waals surface area (Å²) in [5, 5.41) is 23.4. The first-order valence-corrected chi connectivity index (χ1v) is 7.29. The molecule has 1 rings (SSSR count). The second-order valence-electron chi connectivity index (χ2n) is 5.69. The van der Waals surface area contributed by atoms with Gasteiger partial charge in [0.05, 0.1) is 0 Å². The summed E-state index contributed by atoms with van der Waals surface area (Å²) >= 11 is 0. The Morgan fingerprint density at radius 3 is 2.09 bits per heavy atom. The first-order chi connectivity index (χ1) is 10.7. The van der Waals surface area contributed by atoms with Crippen molar-refractivity contribution in [3.8, 4) is 5.75 Å². The molecule has 23 heavy (non-hydrogen) atoms. The third-order valence-corrected chi connectivity index (χ3v) is 3.30. The van der Waals surface area contributed by atoms with Crippen molar-refractivity contribution in [2.24, 2.45) is 5.92 Å². The second-order valence-corrected chi connectivity index (χ2v) is 5.69. The topological polar surface area (TPSA) is 116 Å². The van der Waals surface area contributed by atoms with Crippen LogP contribution >= 0.6 is 0 Å². The number of amides is 2. The zero-order valence-corrected chi connectivity index (χ0v) is 13.4. The van der Waals surface area contributed by atoms with Crippen molar-refractivity contribution >= 4 is 17.8 Å². The summed E-state index contributed by atoms with van der Waals surface area (Å²) in [6.07, 6.45) is 0.191. The van der Waals surface area contributed by atoms with E-state index in [9.17, 15) is 19.5 Å². The minimum absolute atomic E-state index is 0.0972. The van der Waals surface area contributed by atoms with E-state index in [0.717, 1.165) is 5.56 Å². The van der Waals surface area contributed by atoms with Gasteiger partial charge in [0.1, 0.15) is 17.8 Å². The SMILES string of the molecule is CC(=O)N[C@@H](Cc1ccc(O)cc1)C(=O)N[C@H](C(=O)O)C(C)C. The Hall–Kier alpha value is -2.57. The Kier molecular flexibility index (Phi) is 6.56. The quantitative estimate of drug-likeness (QED) is 0.589. The molecule has 0 spiro atoms. The van der Waals surface area contributed by atoms with Crippen LogP contribution in [0.15, 0.2) is 24.3 Å². The number of phenolic OH excluding ortho intramolecular Hbond substituents is 1. The Morgan fingerprint density at radius 2 is 1.65 bits per heavy atom. The number of carboxylic acids is 1. The van der Waals surface area contributed by atoms with E-state index in [2.05, 4.69) is 10.6 Å².